The van der Waals surface area contributed by atoms with Gasteiger partial charge in [-0.05, 0) is 11.5 Å². The van der Waals surface area contributed by atoms with Gasteiger partial charge in [0.1, 0.15) is 6.42 Å². The van der Waals surface area contributed by atoms with Gasteiger partial charge < -0.3 is 9.47 Å². The van der Waals surface area contributed by atoms with Crippen molar-refractivity contribution in [2.75, 3.05) is 0 Å². The van der Waals surface area contributed by atoms with Gasteiger partial charge in [-0.2, -0.15) is 0 Å². The maximum atomic E-state index is 11.5. The van der Waals surface area contributed by atoms with Crippen molar-refractivity contribution in [1.29, 1.82) is 0 Å². The molecule has 0 aliphatic carbocycles. The Morgan fingerprint density at radius 3 is 2.30 bits per heavy atom. The second-order valence-electron chi connectivity index (χ2n) is 5.23. The van der Waals surface area contributed by atoms with Gasteiger partial charge >= 0.3 is 11.9 Å². The lowest BCUT2D eigenvalue weighted by atomic mass is 9.83. The van der Waals surface area contributed by atoms with Gasteiger partial charge in [0.2, 0.25) is 0 Å². The highest BCUT2D eigenvalue weighted by atomic mass is 16.7. The lowest BCUT2D eigenvalue weighted by Crippen LogP contribution is -2.39. The van der Waals surface area contributed by atoms with Gasteiger partial charge in [0, 0.05) is 0 Å². The number of rotatable bonds is 5. The van der Waals surface area contributed by atoms with Crippen molar-refractivity contribution in [2.24, 2.45) is 5.92 Å². The minimum Gasteiger partial charge on any atom is -0.424 e. The molecule has 1 saturated heterocycles. The number of carbonyl (C=O) groups is 2. The fraction of sp³-hybridized carbons (Fsp3) is 0.500. The van der Waals surface area contributed by atoms with Gasteiger partial charge in [-0.3, -0.25) is 9.59 Å². The van der Waals surface area contributed by atoms with Crippen LogP contribution in [0.2, 0.25) is 0 Å². The van der Waals surface area contributed by atoms with Crippen molar-refractivity contribution in [1.82, 2.24) is 0 Å². The molecule has 0 aromatic heterocycles. The molecule has 4 heteroatoms. The second-order valence-corrected chi connectivity index (χ2v) is 5.23. The first-order valence-corrected chi connectivity index (χ1v) is 7.05. The summed E-state index contributed by atoms with van der Waals surface area (Å²) >= 11 is 0. The molecule has 1 aromatic carbocycles. The van der Waals surface area contributed by atoms with E-state index in [4.69, 9.17) is 9.47 Å². The van der Waals surface area contributed by atoms with Crippen molar-refractivity contribution in [3.8, 4) is 0 Å². The van der Waals surface area contributed by atoms with E-state index in [1.54, 1.807) is 0 Å². The van der Waals surface area contributed by atoms with Gasteiger partial charge in [-0.25, -0.2) is 0 Å². The minimum absolute atomic E-state index is 0.121. The van der Waals surface area contributed by atoms with E-state index in [0.29, 0.717) is 0 Å². The Morgan fingerprint density at radius 1 is 1.15 bits per heavy atom. The fourth-order valence-electron chi connectivity index (χ4n) is 2.70. The Bertz CT molecular complexity index is 453. The molecular weight excluding hydrogens is 256 g/mol. The molecule has 1 aromatic rings. The molecule has 2 unspecified atom stereocenters. The highest BCUT2D eigenvalue weighted by Crippen LogP contribution is 2.34. The lowest BCUT2D eigenvalue weighted by Gasteiger charge is -2.33. The zero-order chi connectivity index (χ0) is 14.5. The van der Waals surface area contributed by atoms with Gasteiger partial charge in [0.05, 0.1) is 5.92 Å². The van der Waals surface area contributed by atoms with E-state index in [2.05, 4.69) is 13.8 Å². The summed E-state index contributed by atoms with van der Waals surface area (Å²) < 4.78 is 10.5. The molecule has 0 spiro atoms. The zero-order valence-corrected chi connectivity index (χ0v) is 11.9. The van der Waals surface area contributed by atoms with Crippen LogP contribution >= 0.6 is 0 Å². The Morgan fingerprint density at radius 2 is 1.75 bits per heavy atom. The van der Waals surface area contributed by atoms with Gasteiger partial charge in [-0.15, -0.1) is 0 Å². The molecule has 1 fully saturated rings. The molecular formula is C16H20O4. The van der Waals surface area contributed by atoms with Crippen LogP contribution < -0.4 is 0 Å². The standard InChI is InChI=1S/C16H20O4/c1-3-7-11(2)15(12-8-5-4-6-9-12)16-19-13(17)10-14(18)20-16/h4-6,8-9,11,15-16H,3,7,10H2,1-2H3. The summed E-state index contributed by atoms with van der Waals surface area (Å²) in [6, 6.07) is 9.77. The van der Waals surface area contributed by atoms with Crippen molar-refractivity contribution in [3.63, 3.8) is 0 Å². The van der Waals surface area contributed by atoms with Crippen molar-refractivity contribution in [3.05, 3.63) is 35.9 Å². The van der Waals surface area contributed by atoms with Crippen molar-refractivity contribution < 1.29 is 19.1 Å². The number of esters is 2. The summed E-state index contributed by atoms with van der Waals surface area (Å²) in [5, 5.41) is 0. The molecule has 0 bridgehead atoms. The van der Waals surface area contributed by atoms with E-state index >= 15 is 0 Å². The smallest absolute Gasteiger partial charge is 0.320 e. The Kier molecular flexibility index (Phi) is 4.77. The van der Waals surface area contributed by atoms with Gasteiger partial charge in [0.25, 0.3) is 6.29 Å². The van der Waals surface area contributed by atoms with E-state index in [-0.39, 0.29) is 18.3 Å². The molecule has 1 aliphatic rings. The summed E-state index contributed by atoms with van der Waals surface area (Å²) in [5.41, 5.74) is 1.03. The number of hydrogen-bond acceptors (Lipinski definition) is 4. The van der Waals surface area contributed by atoms with Gasteiger partial charge in [0.15, 0.2) is 0 Å². The minimum atomic E-state index is -0.812. The number of carbonyl (C=O) groups excluding carboxylic acids is 2. The summed E-state index contributed by atoms with van der Waals surface area (Å²) in [6.07, 6.45) is 0.900. The van der Waals surface area contributed by atoms with Crippen LogP contribution in [0.15, 0.2) is 30.3 Å². The number of cyclic esters (lactones) is 2. The van der Waals surface area contributed by atoms with E-state index in [0.717, 1.165) is 18.4 Å². The van der Waals surface area contributed by atoms with Gasteiger partial charge in [-0.1, -0.05) is 57.0 Å². The third-order valence-electron chi connectivity index (χ3n) is 3.62. The maximum Gasteiger partial charge on any atom is 0.320 e. The van der Waals surface area contributed by atoms with Crippen LogP contribution in [0.4, 0.5) is 0 Å². The number of hydrogen-bond donors (Lipinski definition) is 0. The van der Waals surface area contributed by atoms with Crippen LogP contribution in [0, 0.1) is 5.92 Å². The summed E-state index contributed by atoms with van der Waals surface area (Å²) in [6.45, 7) is 4.20. The van der Waals surface area contributed by atoms with Crippen LogP contribution in [0.3, 0.4) is 0 Å². The first-order chi connectivity index (χ1) is 9.61. The predicted molar refractivity (Wildman–Crippen MR) is 73.8 cm³/mol. The van der Waals surface area contributed by atoms with Crippen LogP contribution in [-0.2, 0) is 19.1 Å². The quantitative estimate of drug-likeness (QED) is 0.612. The summed E-state index contributed by atoms with van der Waals surface area (Å²) in [7, 11) is 0. The molecule has 1 aliphatic heterocycles. The molecule has 0 radical (unpaired) electrons. The molecule has 108 valence electrons. The SMILES string of the molecule is CCCC(C)C(c1ccccc1)C1OC(=O)CC(=O)O1. The average molecular weight is 276 g/mol. The summed E-state index contributed by atoms with van der Waals surface area (Å²) in [5.74, 6) is -0.873. The first kappa shape index (κ1) is 14.6. The maximum absolute atomic E-state index is 11.5. The highest BCUT2D eigenvalue weighted by Gasteiger charge is 2.37. The molecule has 0 amide bonds. The topological polar surface area (TPSA) is 52.6 Å². The lowest BCUT2D eigenvalue weighted by molar-refractivity contribution is -0.209. The average Bonchev–Trinajstić information content (AvgIpc) is 2.39. The Hall–Kier alpha value is -1.84. The largest absolute Gasteiger partial charge is 0.424 e. The first-order valence-electron chi connectivity index (χ1n) is 7.05. The Labute approximate surface area is 119 Å². The second kappa shape index (κ2) is 6.55. The third kappa shape index (κ3) is 3.38. The van der Waals surface area contributed by atoms with E-state index in [1.807, 2.05) is 30.3 Å². The van der Waals surface area contributed by atoms with Crippen LogP contribution in [0.25, 0.3) is 0 Å². The highest BCUT2D eigenvalue weighted by molar-refractivity contribution is 5.92. The molecule has 4 nitrogen and oxygen atoms in total. The molecule has 0 saturated carbocycles. The van der Waals surface area contributed by atoms with E-state index < -0.39 is 18.2 Å². The molecule has 2 rings (SSSR count). The van der Waals surface area contributed by atoms with E-state index in [9.17, 15) is 9.59 Å². The Balaban J connectivity index is 2.26. The normalized spacial score (nSPS) is 19.1. The monoisotopic (exact) mass is 276 g/mol. The van der Waals surface area contributed by atoms with Crippen molar-refractivity contribution >= 4 is 11.9 Å². The zero-order valence-electron chi connectivity index (χ0n) is 11.9. The molecule has 2 atom stereocenters. The predicted octanol–water partition coefficient (Wildman–Crippen LogP) is 3.02. The summed E-state index contributed by atoms with van der Waals surface area (Å²) in [4.78, 5) is 23.0. The van der Waals surface area contributed by atoms with Crippen LogP contribution in [0.5, 0.6) is 0 Å². The van der Waals surface area contributed by atoms with Crippen LogP contribution in [0.1, 0.15) is 44.6 Å². The molecule has 20 heavy (non-hydrogen) atoms. The third-order valence-corrected chi connectivity index (χ3v) is 3.62. The fourth-order valence-corrected chi connectivity index (χ4v) is 2.70. The molecule has 0 N–H and O–H groups in total. The van der Waals surface area contributed by atoms with E-state index in [1.165, 1.54) is 0 Å². The van der Waals surface area contributed by atoms with Crippen LogP contribution in [-0.4, -0.2) is 18.2 Å². The number of benzene rings is 1. The van der Waals surface area contributed by atoms with Crippen molar-refractivity contribution in [2.45, 2.75) is 45.3 Å². The molecule has 1 heterocycles. The number of ether oxygens (including phenoxy) is 2.